The Kier molecular flexibility index (Phi) is 6.11. The summed E-state index contributed by atoms with van der Waals surface area (Å²) in [6.07, 6.45) is 6.89. The highest BCUT2D eigenvalue weighted by Gasteiger charge is 2.29. The van der Waals surface area contributed by atoms with Gasteiger partial charge in [0.15, 0.2) is 0 Å². The maximum absolute atomic E-state index is 12.8. The van der Waals surface area contributed by atoms with Gasteiger partial charge in [0.2, 0.25) is 11.8 Å². The fourth-order valence-electron chi connectivity index (χ4n) is 4.36. The first-order valence-corrected chi connectivity index (χ1v) is 9.75. The van der Waals surface area contributed by atoms with Gasteiger partial charge in [-0.15, -0.1) is 0 Å². The molecule has 2 saturated heterocycles. The van der Waals surface area contributed by atoms with Crippen LogP contribution in [0.5, 0.6) is 0 Å². The van der Waals surface area contributed by atoms with Crippen LogP contribution in [0.25, 0.3) is 0 Å². The van der Waals surface area contributed by atoms with Gasteiger partial charge in [-0.1, -0.05) is 30.3 Å². The average molecular weight is 342 g/mol. The molecule has 4 nitrogen and oxygen atoms in total. The number of hydrogen-bond acceptors (Lipinski definition) is 2. The minimum absolute atomic E-state index is 0.104. The number of carbonyl (C=O) groups is 2. The molecular formula is C21H30N2O2. The van der Waals surface area contributed by atoms with Gasteiger partial charge in [-0.2, -0.15) is 0 Å². The van der Waals surface area contributed by atoms with Crippen LogP contribution in [0.15, 0.2) is 30.3 Å². The minimum atomic E-state index is 0.104. The van der Waals surface area contributed by atoms with Crippen molar-refractivity contribution >= 4 is 11.8 Å². The van der Waals surface area contributed by atoms with E-state index in [1.807, 2.05) is 9.80 Å². The summed E-state index contributed by atoms with van der Waals surface area (Å²) in [7, 11) is 0. The van der Waals surface area contributed by atoms with Gasteiger partial charge in [0.25, 0.3) is 0 Å². The fraction of sp³-hybridized carbons (Fsp3) is 0.619. The van der Waals surface area contributed by atoms with Gasteiger partial charge < -0.3 is 9.80 Å². The molecular weight excluding hydrogens is 312 g/mol. The zero-order chi connectivity index (χ0) is 17.6. The molecule has 0 N–H and O–H groups in total. The zero-order valence-electron chi connectivity index (χ0n) is 15.3. The maximum atomic E-state index is 12.8. The Labute approximate surface area is 151 Å². The molecule has 3 rings (SSSR count). The zero-order valence-corrected chi connectivity index (χ0v) is 15.3. The SMILES string of the molecule is CC(=O)N1CCCCC1CC(=O)N1CCCC(c2ccccc2)CC1. The van der Waals surface area contributed by atoms with Crippen LogP contribution in [0.4, 0.5) is 0 Å². The summed E-state index contributed by atoms with van der Waals surface area (Å²) in [5.41, 5.74) is 1.40. The second-order valence-corrected chi connectivity index (χ2v) is 7.49. The third-order valence-corrected chi connectivity index (χ3v) is 5.79. The largest absolute Gasteiger partial charge is 0.343 e. The van der Waals surface area contributed by atoms with Gasteiger partial charge in [0.05, 0.1) is 0 Å². The predicted molar refractivity (Wildman–Crippen MR) is 99.3 cm³/mol. The van der Waals surface area contributed by atoms with Crippen molar-refractivity contribution in [2.75, 3.05) is 19.6 Å². The number of carbonyl (C=O) groups excluding carboxylic acids is 2. The van der Waals surface area contributed by atoms with Gasteiger partial charge in [-0.05, 0) is 50.0 Å². The molecule has 2 unspecified atom stereocenters. The number of rotatable bonds is 3. The highest BCUT2D eigenvalue weighted by Crippen LogP contribution is 2.28. The van der Waals surface area contributed by atoms with Gasteiger partial charge in [-0.25, -0.2) is 0 Å². The topological polar surface area (TPSA) is 40.6 Å². The molecule has 2 aliphatic heterocycles. The molecule has 2 fully saturated rings. The Hall–Kier alpha value is -1.84. The Balaban J connectivity index is 1.56. The standard InChI is InChI=1S/C21H30N2O2/c1-17(24)23-14-6-5-11-20(23)16-21(25)22-13-7-10-19(12-15-22)18-8-3-2-4-9-18/h2-4,8-9,19-20H,5-7,10-16H2,1H3. The third-order valence-electron chi connectivity index (χ3n) is 5.79. The first kappa shape index (κ1) is 18.0. The molecule has 25 heavy (non-hydrogen) atoms. The molecule has 0 spiro atoms. The lowest BCUT2D eigenvalue weighted by Gasteiger charge is -2.36. The van der Waals surface area contributed by atoms with E-state index < -0.39 is 0 Å². The summed E-state index contributed by atoms with van der Waals surface area (Å²) in [6.45, 7) is 4.13. The van der Waals surface area contributed by atoms with Crippen LogP contribution < -0.4 is 0 Å². The molecule has 1 aromatic carbocycles. The monoisotopic (exact) mass is 342 g/mol. The number of amides is 2. The van der Waals surface area contributed by atoms with Crippen molar-refractivity contribution in [3.05, 3.63) is 35.9 Å². The molecule has 0 aliphatic carbocycles. The highest BCUT2D eigenvalue weighted by atomic mass is 16.2. The van der Waals surface area contributed by atoms with Crippen LogP contribution in [0.3, 0.4) is 0 Å². The summed E-state index contributed by atoms with van der Waals surface area (Å²) in [6, 6.07) is 10.8. The lowest BCUT2D eigenvalue weighted by molar-refractivity contribution is -0.137. The molecule has 0 aromatic heterocycles. The van der Waals surface area contributed by atoms with Crippen molar-refractivity contribution in [2.24, 2.45) is 0 Å². The molecule has 2 heterocycles. The van der Waals surface area contributed by atoms with E-state index in [1.54, 1.807) is 6.92 Å². The predicted octanol–water partition coefficient (Wildman–Crippen LogP) is 3.57. The lowest BCUT2D eigenvalue weighted by Crippen LogP contribution is -2.46. The molecule has 2 aliphatic rings. The summed E-state index contributed by atoms with van der Waals surface area (Å²) >= 11 is 0. The van der Waals surface area contributed by atoms with E-state index in [1.165, 1.54) is 5.56 Å². The molecule has 1 aromatic rings. The Morgan fingerprint density at radius 3 is 2.52 bits per heavy atom. The average Bonchev–Trinajstić information content (AvgIpc) is 2.89. The Morgan fingerprint density at radius 2 is 1.76 bits per heavy atom. The van der Waals surface area contributed by atoms with E-state index >= 15 is 0 Å². The van der Waals surface area contributed by atoms with E-state index in [4.69, 9.17) is 0 Å². The van der Waals surface area contributed by atoms with Crippen molar-refractivity contribution in [3.8, 4) is 0 Å². The highest BCUT2D eigenvalue weighted by molar-refractivity contribution is 5.79. The molecule has 2 atom stereocenters. The second-order valence-electron chi connectivity index (χ2n) is 7.49. The summed E-state index contributed by atoms with van der Waals surface area (Å²) in [4.78, 5) is 28.6. The third kappa shape index (κ3) is 4.62. The van der Waals surface area contributed by atoms with Crippen molar-refractivity contribution in [1.29, 1.82) is 0 Å². The van der Waals surface area contributed by atoms with Crippen LogP contribution in [-0.2, 0) is 9.59 Å². The van der Waals surface area contributed by atoms with Gasteiger partial charge in [-0.3, -0.25) is 9.59 Å². The fourth-order valence-corrected chi connectivity index (χ4v) is 4.36. The molecule has 136 valence electrons. The van der Waals surface area contributed by atoms with E-state index in [0.717, 1.165) is 58.2 Å². The first-order chi connectivity index (χ1) is 12.1. The summed E-state index contributed by atoms with van der Waals surface area (Å²) in [5.74, 6) is 0.895. The van der Waals surface area contributed by atoms with Crippen molar-refractivity contribution in [2.45, 2.75) is 63.8 Å². The molecule has 0 bridgehead atoms. The van der Waals surface area contributed by atoms with Crippen LogP contribution >= 0.6 is 0 Å². The minimum Gasteiger partial charge on any atom is -0.343 e. The van der Waals surface area contributed by atoms with E-state index in [2.05, 4.69) is 30.3 Å². The number of piperidine rings is 1. The van der Waals surface area contributed by atoms with Crippen LogP contribution in [0.2, 0.25) is 0 Å². The molecule has 2 amide bonds. The van der Waals surface area contributed by atoms with Crippen LogP contribution in [0, 0.1) is 0 Å². The first-order valence-electron chi connectivity index (χ1n) is 9.75. The smallest absolute Gasteiger partial charge is 0.224 e. The quantitative estimate of drug-likeness (QED) is 0.842. The maximum Gasteiger partial charge on any atom is 0.224 e. The number of likely N-dealkylation sites (tertiary alicyclic amines) is 2. The lowest BCUT2D eigenvalue weighted by atomic mass is 9.92. The second kappa shape index (κ2) is 8.50. The summed E-state index contributed by atoms with van der Waals surface area (Å²) < 4.78 is 0. The molecule has 0 radical (unpaired) electrons. The Bertz CT molecular complexity index is 587. The molecule has 0 saturated carbocycles. The molecule has 4 heteroatoms. The van der Waals surface area contributed by atoms with Crippen molar-refractivity contribution in [1.82, 2.24) is 9.80 Å². The van der Waals surface area contributed by atoms with E-state index in [9.17, 15) is 9.59 Å². The van der Waals surface area contributed by atoms with Gasteiger partial charge >= 0.3 is 0 Å². The normalized spacial score (nSPS) is 24.7. The van der Waals surface area contributed by atoms with Gasteiger partial charge in [0, 0.05) is 39.0 Å². The summed E-state index contributed by atoms with van der Waals surface area (Å²) in [5, 5.41) is 0. The van der Waals surface area contributed by atoms with Crippen molar-refractivity contribution in [3.63, 3.8) is 0 Å². The van der Waals surface area contributed by atoms with E-state index in [0.29, 0.717) is 12.3 Å². The van der Waals surface area contributed by atoms with Gasteiger partial charge in [0.1, 0.15) is 0 Å². The Morgan fingerprint density at radius 1 is 0.960 bits per heavy atom. The van der Waals surface area contributed by atoms with Crippen molar-refractivity contribution < 1.29 is 9.59 Å². The van der Waals surface area contributed by atoms with Crippen LogP contribution in [0.1, 0.15) is 63.4 Å². The number of benzene rings is 1. The van der Waals surface area contributed by atoms with Crippen LogP contribution in [-0.4, -0.2) is 47.3 Å². The van der Waals surface area contributed by atoms with E-state index in [-0.39, 0.29) is 17.9 Å². The number of hydrogen-bond donors (Lipinski definition) is 0. The number of nitrogens with zero attached hydrogens (tertiary/aromatic N) is 2.